The molecule has 1 aromatic rings. The van der Waals surface area contributed by atoms with Gasteiger partial charge < -0.3 is 14.6 Å². The zero-order valence-electron chi connectivity index (χ0n) is 14.8. The van der Waals surface area contributed by atoms with Crippen LogP contribution in [-0.2, 0) is 4.79 Å². The van der Waals surface area contributed by atoms with Crippen molar-refractivity contribution >= 4 is 51.3 Å². The largest absolute Gasteiger partial charge is 0.493 e. The summed E-state index contributed by atoms with van der Waals surface area (Å²) in [6.45, 7) is 0.587. The molecule has 0 aliphatic rings. The van der Waals surface area contributed by atoms with Gasteiger partial charge in [0.1, 0.15) is 0 Å². The van der Waals surface area contributed by atoms with Crippen LogP contribution in [0.4, 0.5) is 0 Å². The van der Waals surface area contributed by atoms with Crippen LogP contribution in [-0.4, -0.2) is 30.8 Å². The summed E-state index contributed by atoms with van der Waals surface area (Å²) in [5, 5.41) is 8.70. The van der Waals surface area contributed by atoms with Crippen LogP contribution in [0.3, 0.4) is 0 Å². The number of hydrogen-bond donors (Lipinski definition) is 1. The van der Waals surface area contributed by atoms with Crippen molar-refractivity contribution < 1.29 is 19.4 Å². The van der Waals surface area contributed by atoms with Gasteiger partial charge in [-0.1, -0.05) is 38.2 Å². The summed E-state index contributed by atoms with van der Waals surface area (Å²) in [4.78, 5) is 10.6. The Bertz CT molecular complexity index is 588. The molecule has 0 radical (unpaired) electrons. The molecule has 0 aromatic heterocycles. The number of ether oxygens (including phenoxy) is 2. The molecule has 0 spiro atoms. The van der Waals surface area contributed by atoms with E-state index in [2.05, 4.69) is 0 Å². The predicted molar refractivity (Wildman–Crippen MR) is 111 cm³/mol. The number of carboxylic acid groups (broad SMARTS) is 1. The fourth-order valence-corrected chi connectivity index (χ4v) is 4.25. The summed E-state index contributed by atoms with van der Waals surface area (Å²) >= 11 is 17.6. The van der Waals surface area contributed by atoms with Crippen molar-refractivity contribution in [2.24, 2.45) is 0 Å². The minimum absolute atomic E-state index is 0.587. The number of halogens is 3. The molecule has 8 heteroatoms. The van der Waals surface area contributed by atoms with Gasteiger partial charge in [0.2, 0.25) is 0 Å². The minimum atomic E-state index is -2.45. The quantitative estimate of drug-likeness (QED) is 0.173. The van der Waals surface area contributed by atoms with Crippen molar-refractivity contribution in [3.05, 3.63) is 29.8 Å². The lowest BCUT2D eigenvalue weighted by molar-refractivity contribution is -0.131. The Morgan fingerprint density at radius 1 is 1.08 bits per heavy atom. The van der Waals surface area contributed by atoms with Gasteiger partial charge in [0.05, 0.1) is 13.7 Å². The maximum absolute atomic E-state index is 10.6. The SMILES string of the molecule is COc1ccc(C=CC(=O)O)cc1OCCCCCCCC[Si](Cl)(Cl)Cl. The molecule has 146 valence electrons. The Balaban J connectivity index is 2.29. The van der Waals surface area contributed by atoms with Gasteiger partial charge in [0.25, 0.3) is 0 Å². The molecule has 1 aromatic carbocycles. The molecule has 0 unspecified atom stereocenters. The molecular formula is C18H25Cl3O4Si. The minimum Gasteiger partial charge on any atom is -0.493 e. The molecule has 0 aliphatic carbocycles. The Labute approximate surface area is 170 Å². The molecule has 0 amide bonds. The van der Waals surface area contributed by atoms with Crippen LogP contribution in [0, 0.1) is 0 Å². The van der Waals surface area contributed by atoms with Gasteiger partial charge in [0, 0.05) is 6.08 Å². The number of carbonyl (C=O) groups is 1. The van der Waals surface area contributed by atoms with Gasteiger partial charge in [-0.2, -0.15) is 0 Å². The smallest absolute Gasteiger partial charge is 0.341 e. The first kappa shape index (κ1) is 23.2. The van der Waals surface area contributed by atoms with E-state index < -0.39 is 12.0 Å². The van der Waals surface area contributed by atoms with E-state index in [0.717, 1.165) is 56.2 Å². The van der Waals surface area contributed by atoms with E-state index in [1.165, 1.54) is 6.08 Å². The van der Waals surface area contributed by atoms with Crippen molar-refractivity contribution in [1.29, 1.82) is 0 Å². The van der Waals surface area contributed by atoms with Crippen molar-refractivity contribution in [2.75, 3.05) is 13.7 Å². The van der Waals surface area contributed by atoms with Crippen LogP contribution >= 0.6 is 33.2 Å². The number of methoxy groups -OCH3 is 1. The Hall–Kier alpha value is -0.883. The predicted octanol–water partition coefficient (Wildman–Crippen LogP) is 6.17. The lowest BCUT2D eigenvalue weighted by atomic mass is 10.1. The fourth-order valence-electron chi connectivity index (χ4n) is 2.39. The van der Waals surface area contributed by atoms with Crippen LogP contribution in [0.25, 0.3) is 6.08 Å². The van der Waals surface area contributed by atoms with Crippen molar-refractivity contribution in [2.45, 2.75) is 44.6 Å². The number of rotatable bonds is 13. The van der Waals surface area contributed by atoms with E-state index in [0.29, 0.717) is 18.1 Å². The Morgan fingerprint density at radius 3 is 2.35 bits per heavy atom. The molecule has 0 atom stereocenters. The molecule has 0 bridgehead atoms. The van der Waals surface area contributed by atoms with Crippen LogP contribution in [0.1, 0.15) is 44.1 Å². The molecule has 4 nitrogen and oxygen atoms in total. The molecule has 26 heavy (non-hydrogen) atoms. The summed E-state index contributed by atoms with van der Waals surface area (Å²) in [6.07, 6.45) is 8.97. The summed E-state index contributed by atoms with van der Waals surface area (Å²) < 4.78 is 11.1. The second-order valence-corrected chi connectivity index (χ2v) is 15.2. The highest BCUT2D eigenvalue weighted by atomic mass is 35.8. The highest BCUT2D eigenvalue weighted by Crippen LogP contribution is 2.29. The van der Waals surface area contributed by atoms with Crippen LogP contribution < -0.4 is 9.47 Å². The summed E-state index contributed by atoms with van der Waals surface area (Å²) in [5.74, 6) is 0.264. The average Bonchev–Trinajstić information content (AvgIpc) is 2.57. The summed E-state index contributed by atoms with van der Waals surface area (Å²) in [6, 6.07) is 3.60. The van der Waals surface area contributed by atoms with E-state index in [-0.39, 0.29) is 0 Å². The highest BCUT2D eigenvalue weighted by Gasteiger charge is 2.23. The second-order valence-electron chi connectivity index (χ2n) is 5.92. The first-order valence-corrected chi connectivity index (χ1v) is 13.8. The second kappa shape index (κ2) is 12.5. The first-order valence-electron chi connectivity index (χ1n) is 8.60. The van der Waals surface area contributed by atoms with Crippen LogP contribution in [0.5, 0.6) is 11.5 Å². The van der Waals surface area contributed by atoms with Gasteiger partial charge in [-0.3, -0.25) is 0 Å². The van der Waals surface area contributed by atoms with E-state index >= 15 is 0 Å². The number of aliphatic carboxylic acids is 1. The first-order chi connectivity index (χ1) is 12.3. The molecule has 0 saturated heterocycles. The summed E-state index contributed by atoms with van der Waals surface area (Å²) in [7, 11) is 1.58. The topological polar surface area (TPSA) is 55.8 Å². The zero-order valence-corrected chi connectivity index (χ0v) is 18.1. The monoisotopic (exact) mass is 438 g/mol. The number of benzene rings is 1. The van der Waals surface area contributed by atoms with Gasteiger partial charge in [-0.05, 0) is 36.2 Å². The van der Waals surface area contributed by atoms with Crippen LogP contribution in [0.2, 0.25) is 6.04 Å². The Kier molecular flexibility index (Phi) is 11.1. The molecule has 1 N–H and O–H groups in total. The van der Waals surface area contributed by atoms with E-state index in [1.54, 1.807) is 25.3 Å². The third-order valence-electron chi connectivity index (χ3n) is 3.72. The highest BCUT2D eigenvalue weighted by molar-refractivity contribution is 7.64. The van der Waals surface area contributed by atoms with E-state index in [4.69, 9.17) is 47.8 Å². The molecule has 1 rings (SSSR count). The standard InChI is InChI=1S/C18H25Cl3O4Si/c1-24-16-10-8-15(9-11-18(22)23)14-17(16)25-12-6-4-2-3-5-7-13-26(19,20)21/h8-11,14H,2-7,12-13H2,1H3,(H,22,23). The third kappa shape index (κ3) is 11.0. The molecule has 0 saturated carbocycles. The maximum atomic E-state index is 10.6. The lowest BCUT2D eigenvalue weighted by Gasteiger charge is -2.11. The zero-order chi connectivity index (χ0) is 19.4. The fraction of sp³-hybridized carbons (Fsp3) is 0.500. The van der Waals surface area contributed by atoms with Gasteiger partial charge in [-0.15, -0.1) is 33.2 Å². The number of unbranched alkanes of at least 4 members (excludes halogenated alkanes) is 5. The van der Waals surface area contributed by atoms with E-state index in [9.17, 15) is 4.79 Å². The number of hydrogen-bond acceptors (Lipinski definition) is 3. The van der Waals surface area contributed by atoms with Gasteiger partial charge in [0.15, 0.2) is 11.5 Å². The number of carboxylic acids is 1. The molecule has 0 aliphatic heterocycles. The summed E-state index contributed by atoms with van der Waals surface area (Å²) in [5.41, 5.74) is 0.751. The van der Waals surface area contributed by atoms with Gasteiger partial charge >= 0.3 is 12.0 Å². The van der Waals surface area contributed by atoms with Crippen LogP contribution in [0.15, 0.2) is 24.3 Å². The third-order valence-corrected chi connectivity index (χ3v) is 6.34. The lowest BCUT2D eigenvalue weighted by Crippen LogP contribution is -2.07. The Morgan fingerprint density at radius 2 is 1.73 bits per heavy atom. The van der Waals surface area contributed by atoms with Crippen molar-refractivity contribution in [3.8, 4) is 11.5 Å². The molecule has 0 heterocycles. The normalized spacial score (nSPS) is 11.7. The van der Waals surface area contributed by atoms with Crippen molar-refractivity contribution in [3.63, 3.8) is 0 Å². The molecule has 0 fully saturated rings. The van der Waals surface area contributed by atoms with Gasteiger partial charge in [-0.25, -0.2) is 4.79 Å². The average molecular weight is 440 g/mol. The molecular weight excluding hydrogens is 415 g/mol. The maximum Gasteiger partial charge on any atom is 0.341 e. The van der Waals surface area contributed by atoms with E-state index in [1.807, 2.05) is 0 Å². The van der Waals surface area contributed by atoms with Crippen molar-refractivity contribution in [1.82, 2.24) is 0 Å².